The van der Waals surface area contributed by atoms with Crippen molar-refractivity contribution >= 4 is 17.4 Å². The molecule has 3 heteroatoms. The van der Waals surface area contributed by atoms with Gasteiger partial charge in [-0.1, -0.05) is 18.9 Å². The number of hydrogen-bond donors (Lipinski definition) is 1. The Kier molecular flexibility index (Phi) is 3.52. The molecule has 1 aliphatic carbocycles. The normalized spacial score (nSPS) is 17.1. The highest BCUT2D eigenvalue weighted by atomic mass is 32.2. The van der Waals surface area contributed by atoms with Crippen molar-refractivity contribution in [1.29, 1.82) is 0 Å². The Labute approximate surface area is 94.2 Å². The summed E-state index contributed by atoms with van der Waals surface area (Å²) in [5.74, 6) is 0.608. The van der Waals surface area contributed by atoms with Crippen molar-refractivity contribution in [1.82, 2.24) is 0 Å². The molecule has 0 aromatic heterocycles. The van der Waals surface area contributed by atoms with Gasteiger partial charge < -0.3 is 5.73 Å². The van der Waals surface area contributed by atoms with Crippen LogP contribution in [0.15, 0.2) is 18.2 Å². The first-order chi connectivity index (χ1) is 7.25. The zero-order valence-electron chi connectivity index (χ0n) is 8.71. The maximum atomic E-state index is 13.4. The zero-order valence-corrected chi connectivity index (χ0v) is 9.52. The fraction of sp³-hybridized carbons (Fsp3) is 0.500. The van der Waals surface area contributed by atoms with Crippen LogP contribution in [0.2, 0.25) is 0 Å². The molecule has 0 saturated heterocycles. The Hall–Kier alpha value is -0.700. The van der Waals surface area contributed by atoms with Crippen LogP contribution in [0, 0.1) is 5.82 Å². The SMILES string of the molecule is Nc1ccc(CSC2CCCC2)c(F)c1. The van der Waals surface area contributed by atoms with E-state index in [-0.39, 0.29) is 5.82 Å². The van der Waals surface area contributed by atoms with Crippen molar-refractivity contribution in [2.75, 3.05) is 5.73 Å². The first-order valence-electron chi connectivity index (χ1n) is 5.41. The molecule has 0 radical (unpaired) electrons. The van der Waals surface area contributed by atoms with Gasteiger partial charge in [-0.2, -0.15) is 11.8 Å². The second-order valence-corrected chi connectivity index (χ2v) is 5.36. The summed E-state index contributed by atoms with van der Waals surface area (Å²) in [7, 11) is 0. The third-order valence-corrected chi connectivity index (χ3v) is 4.27. The highest BCUT2D eigenvalue weighted by molar-refractivity contribution is 7.99. The number of nitrogens with two attached hydrogens (primary N) is 1. The van der Waals surface area contributed by atoms with Gasteiger partial charge in [0.25, 0.3) is 0 Å². The molecule has 1 saturated carbocycles. The second kappa shape index (κ2) is 4.88. The first kappa shape index (κ1) is 10.8. The van der Waals surface area contributed by atoms with Crippen molar-refractivity contribution in [3.8, 4) is 0 Å². The summed E-state index contributed by atoms with van der Waals surface area (Å²) in [5.41, 5.74) is 6.78. The highest BCUT2D eigenvalue weighted by Crippen LogP contribution is 2.32. The van der Waals surface area contributed by atoms with E-state index in [4.69, 9.17) is 5.73 Å². The van der Waals surface area contributed by atoms with E-state index in [9.17, 15) is 4.39 Å². The van der Waals surface area contributed by atoms with Gasteiger partial charge in [0.15, 0.2) is 0 Å². The van der Waals surface area contributed by atoms with Gasteiger partial charge in [0.05, 0.1) is 0 Å². The molecule has 1 aromatic carbocycles. The van der Waals surface area contributed by atoms with E-state index in [1.807, 2.05) is 11.8 Å². The maximum Gasteiger partial charge on any atom is 0.129 e. The molecular formula is C12H16FNS. The van der Waals surface area contributed by atoms with E-state index in [1.165, 1.54) is 31.7 Å². The molecule has 0 heterocycles. The van der Waals surface area contributed by atoms with Crippen LogP contribution in [0.5, 0.6) is 0 Å². The maximum absolute atomic E-state index is 13.4. The molecule has 0 aliphatic heterocycles. The van der Waals surface area contributed by atoms with Gasteiger partial charge in [0.2, 0.25) is 0 Å². The molecule has 0 atom stereocenters. The summed E-state index contributed by atoms with van der Waals surface area (Å²) in [6, 6.07) is 4.98. The summed E-state index contributed by atoms with van der Waals surface area (Å²) < 4.78 is 13.4. The molecule has 2 N–H and O–H groups in total. The number of halogens is 1. The van der Waals surface area contributed by atoms with Gasteiger partial charge >= 0.3 is 0 Å². The lowest BCUT2D eigenvalue weighted by Gasteiger charge is -2.09. The number of thioether (sulfide) groups is 1. The first-order valence-corrected chi connectivity index (χ1v) is 6.46. The average Bonchev–Trinajstić information content (AvgIpc) is 2.69. The number of nitrogen functional groups attached to an aromatic ring is 1. The van der Waals surface area contributed by atoms with Crippen LogP contribution in [-0.2, 0) is 5.75 Å². The summed E-state index contributed by atoms with van der Waals surface area (Å²) in [5, 5.41) is 0.738. The van der Waals surface area contributed by atoms with E-state index in [0.29, 0.717) is 5.69 Å². The number of benzene rings is 1. The topological polar surface area (TPSA) is 26.0 Å². The molecule has 15 heavy (non-hydrogen) atoms. The lowest BCUT2D eigenvalue weighted by atomic mass is 10.2. The summed E-state index contributed by atoms with van der Waals surface area (Å²) >= 11 is 1.88. The molecule has 1 nitrogen and oxygen atoms in total. The van der Waals surface area contributed by atoms with Crippen molar-refractivity contribution in [2.45, 2.75) is 36.7 Å². The Morgan fingerprint density at radius 1 is 1.33 bits per heavy atom. The third kappa shape index (κ3) is 2.88. The zero-order chi connectivity index (χ0) is 10.7. The largest absolute Gasteiger partial charge is 0.399 e. The van der Waals surface area contributed by atoms with Crippen molar-refractivity contribution in [2.24, 2.45) is 0 Å². The van der Waals surface area contributed by atoms with Gasteiger partial charge in [-0.05, 0) is 30.5 Å². The molecule has 0 bridgehead atoms. The molecule has 1 aliphatic rings. The van der Waals surface area contributed by atoms with Gasteiger partial charge in [0, 0.05) is 16.7 Å². The minimum absolute atomic E-state index is 0.166. The van der Waals surface area contributed by atoms with Gasteiger partial charge in [-0.15, -0.1) is 0 Å². The Morgan fingerprint density at radius 2 is 2.07 bits per heavy atom. The fourth-order valence-electron chi connectivity index (χ4n) is 1.94. The van der Waals surface area contributed by atoms with Gasteiger partial charge in [0.1, 0.15) is 5.82 Å². The van der Waals surface area contributed by atoms with Crippen LogP contribution in [0.1, 0.15) is 31.2 Å². The standard InChI is InChI=1S/C12H16FNS/c13-12-7-10(14)6-5-9(12)8-15-11-3-1-2-4-11/h5-7,11H,1-4,8,14H2. The predicted octanol–water partition coefficient (Wildman–Crippen LogP) is 3.58. The molecule has 0 amide bonds. The van der Waals surface area contributed by atoms with E-state index >= 15 is 0 Å². The molecule has 1 aromatic rings. The average molecular weight is 225 g/mol. The lowest BCUT2D eigenvalue weighted by Crippen LogP contribution is -1.97. The van der Waals surface area contributed by atoms with Crippen LogP contribution in [0.4, 0.5) is 10.1 Å². The minimum atomic E-state index is -0.166. The smallest absolute Gasteiger partial charge is 0.129 e. The monoisotopic (exact) mass is 225 g/mol. The summed E-state index contributed by atoms with van der Waals surface area (Å²) in [6.07, 6.45) is 5.26. The molecule has 0 spiro atoms. The van der Waals surface area contributed by atoms with Gasteiger partial charge in [-0.25, -0.2) is 4.39 Å². The van der Waals surface area contributed by atoms with Crippen LogP contribution in [0.25, 0.3) is 0 Å². The second-order valence-electron chi connectivity index (χ2n) is 4.07. The van der Waals surface area contributed by atoms with E-state index < -0.39 is 0 Å². The summed E-state index contributed by atoms with van der Waals surface area (Å²) in [6.45, 7) is 0. The Bertz CT molecular complexity index is 334. The van der Waals surface area contributed by atoms with Crippen LogP contribution in [0.3, 0.4) is 0 Å². The molecule has 0 unspecified atom stereocenters. The Morgan fingerprint density at radius 3 is 2.73 bits per heavy atom. The quantitative estimate of drug-likeness (QED) is 0.796. The predicted molar refractivity (Wildman–Crippen MR) is 64.4 cm³/mol. The van der Waals surface area contributed by atoms with Crippen molar-refractivity contribution < 1.29 is 4.39 Å². The highest BCUT2D eigenvalue weighted by Gasteiger charge is 2.15. The van der Waals surface area contributed by atoms with Crippen molar-refractivity contribution in [3.63, 3.8) is 0 Å². The molecule has 1 fully saturated rings. The molecule has 82 valence electrons. The number of anilines is 1. The number of rotatable bonds is 3. The van der Waals surface area contributed by atoms with Crippen molar-refractivity contribution in [3.05, 3.63) is 29.6 Å². The fourth-order valence-corrected chi connectivity index (χ4v) is 3.26. The van der Waals surface area contributed by atoms with Crippen LogP contribution >= 0.6 is 11.8 Å². The van der Waals surface area contributed by atoms with E-state index in [2.05, 4.69) is 0 Å². The molecule has 2 rings (SSSR count). The van der Waals surface area contributed by atoms with Crippen LogP contribution < -0.4 is 5.73 Å². The third-order valence-electron chi connectivity index (χ3n) is 2.85. The molecular weight excluding hydrogens is 209 g/mol. The number of hydrogen-bond acceptors (Lipinski definition) is 2. The van der Waals surface area contributed by atoms with E-state index in [1.54, 1.807) is 12.1 Å². The lowest BCUT2D eigenvalue weighted by molar-refractivity contribution is 0.618. The van der Waals surface area contributed by atoms with E-state index in [0.717, 1.165) is 16.6 Å². The minimum Gasteiger partial charge on any atom is -0.399 e. The Balaban J connectivity index is 1.92. The summed E-state index contributed by atoms with van der Waals surface area (Å²) in [4.78, 5) is 0. The van der Waals surface area contributed by atoms with Gasteiger partial charge in [-0.3, -0.25) is 0 Å². The van der Waals surface area contributed by atoms with Crippen LogP contribution in [-0.4, -0.2) is 5.25 Å².